The van der Waals surface area contributed by atoms with Crippen LogP contribution in [0.1, 0.15) is 22.7 Å². The molecule has 0 saturated carbocycles. The number of aliphatic hydroxyl groups is 1. The number of hydrogen-bond donors (Lipinski definition) is 1. The van der Waals surface area contributed by atoms with Crippen molar-refractivity contribution in [3.63, 3.8) is 0 Å². The van der Waals surface area contributed by atoms with Gasteiger partial charge >= 0.3 is 0 Å². The summed E-state index contributed by atoms with van der Waals surface area (Å²) in [6, 6.07) is 16.6. The Balaban J connectivity index is 1.91. The minimum atomic E-state index is -0.851. The first kappa shape index (κ1) is 21.1. The van der Waals surface area contributed by atoms with E-state index in [2.05, 4.69) is 4.98 Å². The average molecular weight is 430 g/mol. The van der Waals surface area contributed by atoms with Crippen LogP contribution in [-0.2, 0) is 16.1 Å². The van der Waals surface area contributed by atoms with Gasteiger partial charge < -0.3 is 19.5 Å². The maximum absolute atomic E-state index is 13.1. The predicted octanol–water partition coefficient (Wildman–Crippen LogP) is 3.72. The van der Waals surface area contributed by atoms with Crippen LogP contribution in [0.15, 0.2) is 78.6 Å². The molecule has 3 aromatic rings. The third-order valence-electron chi connectivity index (χ3n) is 5.40. The Bertz CT molecular complexity index is 1180. The number of pyridine rings is 1. The Morgan fingerprint density at radius 2 is 1.81 bits per heavy atom. The van der Waals surface area contributed by atoms with Gasteiger partial charge in [0.25, 0.3) is 11.7 Å². The van der Waals surface area contributed by atoms with Crippen LogP contribution >= 0.6 is 0 Å². The first-order chi connectivity index (χ1) is 15.5. The summed E-state index contributed by atoms with van der Waals surface area (Å²) in [5.41, 5.74) is 1.78. The topological polar surface area (TPSA) is 89.0 Å². The summed E-state index contributed by atoms with van der Waals surface area (Å²) < 4.78 is 10.8. The molecule has 0 aliphatic carbocycles. The van der Waals surface area contributed by atoms with E-state index >= 15 is 0 Å². The normalized spacial score (nSPS) is 17.4. The van der Waals surface area contributed by atoms with Crippen molar-refractivity contribution >= 4 is 17.4 Å². The van der Waals surface area contributed by atoms with E-state index in [4.69, 9.17) is 9.47 Å². The number of ketones is 1. The highest BCUT2D eigenvalue weighted by Crippen LogP contribution is 2.44. The second-order valence-corrected chi connectivity index (χ2v) is 7.26. The van der Waals surface area contributed by atoms with E-state index in [1.807, 2.05) is 12.1 Å². The summed E-state index contributed by atoms with van der Waals surface area (Å²) in [4.78, 5) is 31.8. The Morgan fingerprint density at radius 1 is 1.03 bits per heavy atom. The van der Waals surface area contributed by atoms with Crippen LogP contribution in [0, 0.1) is 0 Å². The number of rotatable bonds is 6. The first-order valence-electron chi connectivity index (χ1n) is 9.99. The van der Waals surface area contributed by atoms with Crippen LogP contribution in [0.25, 0.3) is 5.76 Å². The number of ether oxygens (including phenoxy) is 2. The largest absolute Gasteiger partial charge is 0.507 e. The van der Waals surface area contributed by atoms with Crippen LogP contribution < -0.4 is 9.47 Å². The molecule has 0 spiro atoms. The molecule has 7 nitrogen and oxygen atoms in total. The molecular weight excluding hydrogens is 408 g/mol. The first-order valence-corrected chi connectivity index (χ1v) is 9.99. The van der Waals surface area contributed by atoms with Gasteiger partial charge in [-0.2, -0.15) is 0 Å². The van der Waals surface area contributed by atoms with Gasteiger partial charge in [0.15, 0.2) is 0 Å². The lowest BCUT2D eigenvalue weighted by Gasteiger charge is -2.26. The van der Waals surface area contributed by atoms with Gasteiger partial charge in [-0.15, -0.1) is 0 Å². The summed E-state index contributed by atoms with van der Waals surface area (Å²) in [5, 5.41) is 11.1. The highest BCUT2D eigenvalue weighted by Gasteiger charge is 2.47. The number of methoxy groups -OCH3 is 2. The molecule has 1 fully saturated rings. The van der Waals surface area contributed by atoms with Gasteiger partial charge in [-0.05, 0) is 23.8 Å². The number of hydrogen-bond acceptors (Lipinski definition) is 6. The van der Waals surface area contributed by atoms with Gasteiger partial charge in [0.1, 0.15) is 17.3 Å². The number of nitrogens with zero attached hydrogens (tertiary/aromatic N) is 2. The smallest absolute Gasteiger partial charge is 0.295 e. The van der Waals surface area contributed by atoms with E-state index in [1.54, 1.807) is 68.0 Å². The number of Topliss-reactive ketones (excluding diaryl/α,β-unsaturated/α-hetero) is 1. The fourth-order valence-electron chi connectivity index (χ4n) is 3.85. The van der Waals surface area contributed by atoms with Crippen molar-refractivity contribution in [2.75, 3.05) is 14.2 Å². The molecule has 0 bridgehead atoms. The van der Waals surface area contributed by atoms with Crippen LogP contribution in [0.5, 0.6) is 11.5 Å². The third-order valence-corrected chi connectivity index (χ3v) is 5.40. The van der Waals surface area contributed by atoms with E-state index in [1.165, 1.54) is 12.0 Å². The number of likely N-dealkylation sites (tertiary alicyclic amines) is 1. The minimum absolute atomic E-state index is 0.00792. The highest BCUT2D eigenvalue weighted by atomic mass is 16.5. The Kier molecular flexibility index (Phi) is 5.89. The molecule has 1 aromatic heterocycles. The van der Waals surface area contributed by atoms with Gasteiger partial charge in [-0.3, -0.25) is 14.6 Å². The fourth-order valence-corrected chi connectivity index (χ4v) is 3.85. The van der Waals surface area contributed by atoms with E-state index in [0.29, 0.717) is 22.6 Å². The molecule has 1 aliphatic heterocycles. The lowest BCUT2D eigenvalue weighted by molar-refractivity contribution is -0.140. The maximum atomic E-state index is 13.1. The minimum Gasteiger partial charge on any atom is -0.507 e. The van der Waals surface area contributed by atoms with Crippen molar-refractivity contribution in [2.45, 2.75) is 12.6 Å². The number of carbonyl (C=O) groups excluding carboxylic acids is 2. The summed E-state index contributed by atoms with van der Waals surface area (Å²) in [5.74, 6) is -0.683. The highest BCUT2D eigenvalue weighted by molar-refractivity contribution is 6.46. The summed E-state index contributed by atoms with van der Waals surface area (Å²) in [7, 11) is 3.04. The van der Waals surface area contributed by atoms with Crippen molar-refractivity contribution < 1.29 is 24.2 Å². The van der Waals surface area contributed by atoms with E-state index < -0.39 is 17.7 Å². The monoisotopic (exact) mass is 430 g/mol. The second kappa shape index (κ2) is 8.93. The zero-order chi connectivity index (χ0) is 22.7. The Morgan fingerprint density at radius 3 is 2.47 bits per heavy atom. The number of aromatic nitrogens is 1. The average Bonchev–Trinajstić information content (AvgIpc) is 3.09. The molecule has 2 heterocycles. The van der Waals surface area contributed by atoms with Gasteiger partial charge in [-0.25, -0.2) is 0 Å². The number of benzene rings is 2. The van der Waals surface area contributed by atoms with Crippen molar-refractivity contribution in [2.24, 2.45) is 0 Å². The second-order valence-electron chi connectivity index (χ2n) is 7.26. The van der Waals surface area contributed by atoms with Crippen molar-refractivity contribution in [3.05, 3.63) is 95.3 Å². The van der Waals surface area contributed by atoms with E-state index in [-0.39, 0.29) is 17.9 Å². The molecular formula is C25H22N2O5. The number of carbonyl (C=O) groups is 2. The molecule has 162 valence electrons. The standard InChI is InChI=1S/C25H22N2O5/c1-31-18-10-11-19(20(13-18)32-2)22-21(23(28)17-8-4-3-5-9-17)24(29)25(30)27(22)15-16-7-6-12-26-14-16/h3-14,22,28H,15H2,1-2H3/t22-/m1/s1. The number of amides is 1. The molecule has 1 atom stereocenters. The van der Waals surface area contributed by atoms with E-state index in [0.717, 1.165) is 5.56 Å². The van der Waals surface area contributed by atoms with Crippen LogP contribution in [0.4, 0.5) is 0 Å². The molecule has 1 N–H and O–H groups in total. The molecule has 1 saturated heterocycles. The van der Waals surface area contributed by atoms with Crippen molar-refractivity contribution in [1.82, 2.24) is 9.88 Å². The van der Waals surface area contributed by atoms with Crippen LogP contribution in [-0.4, -0.2) is 40.9 Å². The van der Waals surface area contributed by atoms with Gasteiger partial charge in [0.05, 0.1) is 25.8 Å². The molecule has 1 aliphatic rings. The van der Waals surface area contributed by atoms with Gasteiger partial charge in [-0.1, -0.05) is 36.4 Å². The van der Waals surface area contributed by atoms with Crippen LogP contribution in [0.2, 0.25) is 0 Å². The maximum Gasteiger partial charge on any atom is 0.295 e. The zero-order valence-electron chi connectivity index (χ0n) is 17.7. The Hall–Kier alpha value is -4.13. The fraction of sp³-hybridized carbons (Fsp3) is 0.160. The lowest BCUT2D eigenvalue weighted by atomic mass is 9.94. The van der Waals surface area contributed by atoms with Gasteiger partial charge in [0, 0.05) is 36.1 Å². The summed E-state index contributed by atoms with van der Waals surface area (Å²) >= 11 is 0. The molecule has 32 heavy (non-hydrogen) atoms. The molecule has 0 radical (unpaired) electrons. The predicted molar refractivity (Wildman–Crippen MR) is 118 cm³/mol. The third kappa shape index (κ3) is 3.80. The van der Waals surface area contributed by atoms with Crippen molar-refractivity contribution in [1.29, 1.82) is 0 Å². The summed E-state index contributed by atoms with van der Waals surface area (Å²) in [6.45, 7) is 0.143. The molecule has 2 aromatic carbocycles. The Labute approximate surface area is 185 Å². The molecule has 7 heteroatoms. The van der Waals surface area contributed by atoms with Crippen LogP contribution in [0.3, 0.4) is 0 Å². The zero-order valence-corrected chi connectivity index (χ0v) is 17.7. The quantitative estimate of drug-likeness (QED) is 0.364. The number of aliphatic hydroxyl groups excluding tert-OH is 1. The molecule has 4 rings (SSSR count). The molecule has 0 unspecified atom stereocenters. The van der Waals surface area contributed by atoms with Gasteiger partial charge in [0.2, 0.25) is 0 Å². The van der Waals surface area contributed by atoms with E-state index in [9.17, 15) is 14.7 Å². The summed E-state index contributed by atoms with van der Waals surface area (Å²) in [6.07, 6.45) is 3.27. The van der Waals surface area contributed by atoms with Crippen molar-refractivity contribution in [3.8, 4) is 11.5 Å². The SMILES string of the molecule is COc1ccc([C@@H]2C(=C(O)c3ccccc3)C(=O)C(=O)N2Cc2cccnc2)c(OC)c1. The lowest BCUT2D eigenvalue weighted by Crippen LogP contribution is -2.29. The molecule has 1 amide bonds.